The van der Waals surface area contributed by atoms with Gasteiger partial charge < -0.3 is 4.42 Å². The molecule has 0 N–H and O–H groups in total. The van der Waals surface area contributed by atoms with Gasteiger partial charge in [-0.2, -0.15) is 13.2 Å². The molecular weight excluding hydrogens is 283 g/mol. The number of hydrogen-bond acceptors (Lipinski definition) is 2. The minimum Gasteiger partial charge on any atom is -0.456 e. The van der Waals surface area contributed by atoms with E-state index in [0.29, 0.717) is 16.7 Å². The topological polar surface area (TPSA) is 42.6 Å². The van der Waals surface area contributed by atoms with Crippen LogP contribution in [0.25, 0.3) is 11.2 Å². The van der Waals surface area contributed by atoms with Crippen LogP contribution in [0, 0.1) is 0 Å². The zero-order valence-electron chi connectivity index (χ0n) is 10.4. The molecule has 1 aliphatic rings. The molecule has 3 heterocycles. The van der Waals surface area contributed by atoms with E-state index in [0.717, 1.165) is 6.07 Å². The van der Waals surface area contributed by atoms with Crippen LogP contribution >= 0.6 is 0 Å². The number of halogens is 3. The molecule has 0 saturated carbocycles. The molecule has 0 atom stereocenters. The normalized spacial score (nSPS) is 14.8. The zero-order valence-corrected chi connectivity index (χ0v) is 10.4. The van der Waals surface area contributed by atoms with Crippen LogP contribution in [0.3, 0.4) is 0 Å². The molecular formula is C15H6F3NO2. The Morgan fingerprint density at radius 1 is 0.952 bits per heavy atom. The summed E-state index contributed by atoms with van der Waals surface area (Å²) in [4.78, 5) is 15.7. The van der Waals surface area contributed by atoms with E-state index >= 15 is 0 Å². The SMILES string of the molecule is O=C1N=C(c2ccccc2C(F)(F)F)c2c1c1ccc2o1. The van der Waals surface area contributed by atoms with Crippen LogP contribution in [-0.4, -0.2) is 11.6 Å². The Morgan fingerprint density at radius 2 is 1.62 bits per heavy atom. The molecule has 1 amide bonds. The molecule has 6 heteroatoms. The van der Waals surface area contributed by atoms with Crippen LogP contribution in [0.15, 0.2) is 45.8 Å². The average Bonchev–Trinajstić information content (AvgIpc) is 3.11. The quantitative estimate of drug-likeness (QED) is 0.682. The number of furan rings is 2. The van der Waals surface area contributed by atoms with Crippen molar-refractivity contribution in [2.24, 2.45) is 4.99 Å². The Kier molecular flexibility index (Phi) is 2.15. The Labute approximate surface area is 116 Å². The summed E-state index contributed by atoms with van der Waals surface area (Å²) in [7, 11) is 0. The van der Waals surface area contributed by atoms with Crippen molar-refractivity contribution in [3.8, 4) is 0 Å². The number of carbonyl (C=O) groups excluding carboxylic acids is 1. The summed E-state index contributed by atoms with van der Waals surface area (Å²) in [6, 6.07) is 8.31. The average molecular weight is 289 g/mol. The minimum absolute atomic E-state index is 0.0253. The van der Waals surface area contributed by atoms with Gasteiger partial charge in [0.25, 0.3) is 5.91 Å². The van der Waals surface area contributed by atoms with E-state index in [1.165, 1.54) is 18.2 Å². The number of hydrogen-bond donors (Lipinski definition) is 0. The second-order valence-corrected chi connectivity index (χ2v) is 4.72. The predicted octanol–water partition coefficient (Wildman–Crippen LogP) is 3.88. The summed E-state index contributed by atoms with van der Waals surface area (Å²) in [5.41, 5.74) is 0.435. The number of nitrogens with zero attached hydrogens (tertiary/aromatic N) is 1. The van der Waals surface area contributed by atoms with Crippen LogP contribution in [0.1, 0.15) is 27.0 Å². The molecule has 3 nitrogen and oxygen atoms in total. The number of benzene rings is 2. The van der Waals surface area contributed by atoms with Gasteiger partial charge in [-0.3, -0.25) is 4.79 Å². The van der Waals surface area contributed by atoms with E-state index in [2.05, 4.69) is 4.99 Å². The van der Waals surface area contributed by atoms with Gasteiger partial charge in [0.05, 0.1) is 22.4 Å². The maximum Gasteiger partial charge on any atom is 0.417 e. The number of rotatable bonds is 1. The molecule has 0 spiro atoms. The molecule has 0 fully saturated rings. The van der Waals surface area contributed by atoms with Gasteiger partial charge in [0.15, 0.2) is 0 Å². The summed E-state index contributed by atoms with van der Waals surface area (Å²) in [5.74, 6) is -0.564. The van der Waals surface area contributed by atoms with Crippen molar-refractivity contribution in [2.45, 2.75) is 6.18 Å². The van der Waals surface area contributed by atoms with Gasteiger partial charge in [0.1, 0.15) is 11.2 Å². The first-order valence-electron chi connectivity index (χ1n) is 6.11. The summed E-state index contributed by atoms with van der Waals surface area (Å²) in [6.07, 6.45) is -4.52. The van der Waals surface area contributed by atoms with Crippen molar-refractivity contribution in [1.29, 1.82) is 0 Å². The Hall–Kier alpha value is -2.63. The summed E-state index contributed by atoms with van der Waals surface area (Å²) < 4.78 is 44.7. The van der Waals surface area contributed by atoms with Crippen molar-refractivity contribution >= 4 is 22.8 Å². The fourth-order valence-electron chi connectivity index (χ4n) is 2.65. The molecule has 1 aromatic carbocycles. The lowest BCUT2D eigenvalue weighted by molar-refractivity contribution is -0.137. The van der Waals surface area contributed by atoms with E-state index in [4.69, 9.17) is 4.42 Å². The van der Waals surface area contributed by atoms with Gasteiger partial charge in [0.2, 0.25) is 0 Å². The maximum atomic E-state index is 13.1. The van der Waals surface area contributed by atoms with E-state index in [1.807, 2.05) is 0 Å². The van der Waals surface area contributed by atoms with Gasteiger partial charge in [-0.25, -0.2) is 4.99 Å². The highest BCUT2D eigenvalue weighted by molar-refractivity contribution is 6.33. The van der Waals surface area contributed by atoms with Gasteiger partial charge in [-0.1, -0.05) is 18.2 Å². The van der Waals surface area contributed by atoms with Crippen LogP contribution < -0.4 is 0 Å². The van der Waals surface area contributed by atoms with Crippen molar-refractivity contribution < 1.29 is 22.4 Å². The number of alkyl halides is 3. The molecule has 104 valence electrons. The van der Waals surface area contributed by atoms with Gasteiger partial charge in [-0.05, 0) is 18.2 Å². The smallest absolute Gasteiger partial charge is 0.417 e. The van der Waals surface area contributed by atoms with E-state index < -0.39 is 17.6 Å². The largest absolute Gasteiger partial charge is 0.456 e. The molecule has 4 rings (SSSR count). The third-order valence-electron chi connectivity index (χ3n) is 3.50. The van der Waals surface area contributed by atoms with Crippen LogP contribution in [0.4, 0.5) is 13.2 Å². The number of fused-ring (bicyclic) bond motifs is 5. The van der Waals surface area contributed by atoms with Crippen molar-refractivity contribution in [3.05, 3.63) is 58.7 Å². The number of amides is 1. The number of carbonyl (C=O) groups is 1. The van der Waals surface area contributed by atoms with E-state index in [-0.39, 0.29) is 16.8 Å². The van der Waals surface area contributed by atoms with Crippen molar-refractivity contribution in [1.82, 2.24) is 0 Å². The molecule has 0 aliphatic carbocycles. The third-order valence-corrected chi connectivity index (χ3v) is 3.50. The highest BCUT2D eigenvalue weighted by atomic mass is 19.4. The Balaban J connectivity index is 1.99. The van der Waals surface area contributed by atoms with E-state index in [1.54, 1.807) is 12.1 Å². The van der Waals surface area contributed by atoms with Gasteiger partial charge in [0, 0.05) is 5.56 Å². The molecule has 2 aromatic heterocycles. The second kappa shape index (κ2) is 3.72. The monoisotopic (exact) mass is 289 g/mol. The second-order valence-electron chi connectivity index (χ2n) is 4.72. The fourth-order valence-corrected chi connectivity index (χ4v) is 2.65. The zero-order chi connectivity index (χ0) is 14.8. The first-order chi connectivity index (χ1) is 9.97. The fraction of sp³-hybridized carbons (Fsp3) is 0.0667. The van der Waals surface area contributed by atoms with Crippen LogP contribution in [0.5, 0.6) is 0 Å². The van der Waals surface area contributed by atoms with Gasteiger partial charge >= 0.3 is 6.18 Å². The standard InChI is InChI=1S/C15H6F3NO2/c16-15(17,18)8-4-2-1-3-7(8)13-11-9-5-6-10(21-9)12(11)14(20)19-13/h1-6H. The highest BCUT2D eigenvalue weighted by Gasteiger charge is 2.38. The Morgan fingerprint density at radius 3 is 2.33 bits per heavy atom. The first-order valence-corrected chi connectivity index (χ1v) is 6.11. The third kappa shape index (κ3) is 1.55. The Bertz CT molecular complexity index is 905. The maximum absolute atomic E-state index is 13.1. The summed E-state index contributed by atoms with van der Waals surface area (Å²) in [6.45, 7) is 0. The summed E-state index contributed by atoms with van der Waals surface area (Å²) >= 11 is 0. The van der Waals surface area contributed by atoms with Crippen LogP contribution in [0.2, 0.25) is 0 Å². The molecule has 3 aromatic rings. The molecule has 2 bridgehead atoms. The molecule has 21 heavy (non-hydrogen) atoms. The number of aliphatic imine (C=N–C) groups is 1. The van der Waals surface area contributed by atoms with Crippen molar-refractivity contribution in [2.75, 3.05) is 0 Å². The molecule has 1 aliphatic heterocycles. The lowest BCUT2D eigenvalue weighted by atomic mass is 9.96. The lowest BCUT2D eigenvalue weighted by Crippen LogP contribution is -2.13. The lowest BCUT2D eigenvalue weighted by Gasteiger charge is -2.12. The van der Waals surface area contributed by atoms with E-state index in [9.17, 15) is 18.0 Å². The van der Waals surface area contributed by atoms with Gasteiger partial charge in [-0.15, -0.1) is 0 Å². The van der Waals surface area contributed by atoms with Crippen LogP contribution in [-0.2, 0) is 6.18 Å². The first kappa shape index (κ1) is 12.1. The van der Waals surface area contributed by atoms with Crippen molar-refractivity contribution in [3.63, 3.8) is 0 Å². The molecule has 0 radical (unpaired) electrons. The highest BCUT2D eigenvalue weighted by Crippen LogP contribution is 2.39. The molecule has 0 saturated heterocycles. The molecule has 0 unspecified atom stereocenters. The minimum atomic E-state index is -4.52. The predicted molar refractivity (Wildman–Crippen MR) is 68.8 cm³/mol. The summed E-state index contributed by atoms with van der Waals surface area (Å²) in [5, 5.41) is 0.